The van der Waals surface area contributed by atoms with Gasteiger partial charge in [-0.25, -0.2) is 9.97 Å². The largest absolute Gasteiger partial charge is 0.293 e. The van der Waals surface area contributed by atoms with Crippen LogP contribution in [0, 0.1) is 5.92 Å². The smallest absolute Gasteiger partial charge is 0.173 e. The SMILES string of the molecule is C[C@H]1CCc2c(sc3nc(C4CC4)nc(SCC(=O)c4ccccc4)c23)C1. The lowest BCUT2D eigenvalue weighted by Gasteiger charge is -2.18. The molecule has 0 bridgehead atoms. The number of carbonyl (C=O) groups excluding carboxylic acids is 1. The third-order valence-corrected chi connectivity index (χ3v) is 7.64. The summed E-state index contributed by atoms with van der Waals surface area (Å²) in [6, 6.07) is 9.56. The van der Waals surface area contributed by atoms with Crippen LogP contribution in [0.4, 0.5) is 0 Å². The molecule has 2 aliphatic carbocycles. The molecule has 2 aliphatic rings. The molecule has 1 atom stereocenters. The highest BCUT2D eigenvalue weighted by molar-refractivity contribution is 8.00. The van der Waals surface area contributed by atoms with Crippen LogP contribution in [0.5, 0.6) is 0 Å². The van der Waals surface area contributed by atoms with E-state index < -0.39 is 0 Å². The molecule has 3 aromatic rings. The van der Waals surface area contributed by atoms with E-state index in [1.165, 1.54) is 35.1 Å². The first-order valence-electron chi connectivity index (χ1n) is 9.72. The molecule has 0 N–H and O–H groups in total. The van der Waals surface area contributed by atoms with Gasteiger partial charge in [-0.2, -0.15) is 0 Å². The van der Waals surface area contributed by atoms with Crippen LogP contribution in [0.15, 0.2) is 35.4 Å². The molecule has 5 heteroatoms. The Labute approximate surface area is 167 Å². The number of rotatable bonds is 5. The Morgan fingerprint density at radius 1 is 1.19 bits per heavy atom. The third-order valence-electron chi connectivity index (χ3n) is 5.52. The molecule has 5 rings (SSSR count). The van der Waals surface area contributed by atoms with Gasteiger partial charge in [0.2, 0.25) is 0 Å². The molecular formula is C22H22N2OS2. The first kappa shape index (κ1) is 17.4. The van der Waals surface area contributed by atoms with Crippen molar-refractivity contribution in [1.29, 1.82) is 0 Å². The Bertz CT molecular complexity index is 1010. The summed E-state index contributed by atoms with van der Waals surface area (Å²) >= 11 is 3.45. The summed E-state index contributed by atoms with van der Waals surface area (Å²) in [5, 5.41) is 2.26. The van der Waals surface area contributed by atoms with Crippen LogP contribution in [-0.4, -0.2) is 21.5 Å². The van der Waals surface area contributed by atoms with E-state index in [0.717, 1.165) is 40.0 Å². The Hall–Kier alpha value is -1.72. The number of fused-ring (bicyclic) bond motifs is 3. The van der Waals surface area contributed by atoms with Crippen molar-refractivity contribution in [2.45, 2.75) is 50.0 Å². The zero-order valence-corrected chi connectivity index (χ0v) is 17.0. The lowest BCUT2D eigenvalue weighted by Crippen LogP contribution is -2.09. The zero-order chi connectivity index (χ0) is 18.4. The summed E-state index contributed by atoms with van der Waals surface area (Å²) in [6.45, 7) is 2.34. The molecule has 0 aliphatic heterocycles. The number of thioether (sulfide) groups is 1. The van der Waals surface area contributed by atoms with Gasteiger partial charge in [0.05, 0.1) is 5.75 Å². The minimum atomic E-state index is 0.165. The molecule has 3 nitrogen and oxygen atoms in total. The van der Waals surface area contributed by atoms with Gasteiger partial charge in [-0.15, -0.1) is 11.3 Å². The molecule has 0 unspecified atom stereocenters. The fourth-order valence-electron chi connectivity index (χ4n) is 3.79. The second kappa shape index (κ2) is 7.02. The second-order valence-corrected chi connectivity index (χ2v) is 9.82. The Morgan fingerprint density at radius 3 is 2.78 bits per heavy atom. The molecule has 2 heterocycles. The number of aromatic nitrogens is 2. The van der Waals surface area contributed by atoms with E-state index in [2.05, 4.69) is 6.92 Å². The summed E-state index contributed by atoms with van der Waals surface area (Å²) in [4.78, 5) is 25.1. The molecule has 0 amide bonds. The van der Waals surface area contributed by atoms with E-state index in [1.54, 1.807) is 11.8 Å². The van der Waals surface area contributed by atoms with Crippen LogP contribution in [0.25, 0.3) is 10.2 Å². The number of nitrogens with zero attached hydrogens (tertiary/aromatic N) is 2. The molecule has 0 radical (unpaired) electrons. The Kier molecular flexibility index (Phi) is 4.52. The van der Waals surface area contributed by atoms with Crippen molar-refractivity contribution in [3.05, 3.63) is 52.2 Å². The highest BCUT2D eigenvalue weighted by Crippen LogP contribution is 2.44. The van der Waals surface area contributed by atoms with Crippen molar-refractivity contribution in [3.63, 3.8) is 0 Å². The van der Waals surface area contributed by atoms with Crippen molar-refractivity contribution < 1.29 is 4.79 Å². The first-order chi connectivity index (χ1) is 13.2. The standard InChI is InChI=1S/C22H22N2OS2/c1-13-7-10-16-18(11-13)27-22-19(16)21(23-20(24-22)15-8-9-15)26-12-17(25)14-5-3-2-4-6-14/h2-6,13,15H,7-12H2,1H3/t13-/m0/s1. The summed E-state index contributed by atoms with van der Waals surface area (Å²) in [6.07, 6.45) is 5.89. The molecular weight excluding hydrogens is 372 g/mol. The van der Waals surface area contributed by atoms with Crippen LogP contribution in [0.1, 0.15) is 58.7 Å². The van der Waals surface area contributed by atoms with Crippen molar-refractivity contribution in [1.82, 2.24) is 9.97 Å². The van der Waals surface area contributed by atoms with Crippen LogP contribution in [0.2, 0.25) is 0 Å². The zero-order valence-electron chi connectivity index (χ0n) is 15.4. The Morgan fingerprint density at radius 2 is 2.00 bits per heavy atom. The number of thiophene rings is 1. The van der Waals surface area contributed by atoms with Gasteiger partial charge in [-0.1, -0.05) is 49.0 Å². The highest BCUT2D eigenvalue weighted by atomic mass is 32.2. The topological polar surface area (TPSA) is 42.9 Å². The molecule has 1 fully saturated rings. The number of ketones is 1. The summed E-state index contributed by atoms with van der Waals surface area (Å²) in [7, 11) is 0. The monoisotopic (exact) mass is 394 g/mol. The van der Waals surface area contributed by atoms with Gasteiger partial charge in [0.25, 0.3) is 0 Å². The fourth-order valence-corrected chi connectivity index (χ4v) is 6.21. The summed E-state index contributed by atoms with van der Waals surface area (Å²) < 4.78 is 0. The maximum atomic E-state index is 12.6. The Balaban J connectivity index is 1.50. The number of carbonyl (C=O) groups is 1. The molecule has 138 valence electrons. The molecule has 27 heavy (non-hydrogen) atoms. The van der Waals surface area contributed by atoms with Crippen molar-refractivity contribution in [2.24, 2.45) is 5.92 Å². The van der Waals surface area contributed by atoms with E-state index in [1.807, 2.05) is 41.7 Å². The van der Waals surface area contributed by atoms with Crippen LogP contribution >= 0.6 is 23.1 Å². The van der Waals surface area contributed by atoms with Gasteiger partial charge >= 0.3 is 0 Å². The fraction of sp³-hybridized carbons (Fsp3) is 0.409. The molecule has 1 aromatic carbocycles. The average molecular weight is 395 g/mol. The minimum Gasteiger partial charge on any atom is -0.293 e. The van der Waals surface area contributed by atoms with Gasteiger partial charge in [-0.05, 0) is 43.6 Å². The van der Waals surface area contributed by atoms with E-state index in [9.17, 15) is 4.79 Å². The number of hydrogen-bond acceptors (Lipinski definition) is 5. The predicted molar refractivity (Wildman–Crippen MR) is 112 cm³/mol. The average Bonchev–Trinajstić information content (AvgIpc) is 3.47. The van der Waals surface area contributed by atoms with Crippen molar-refractivity contribution in [3.8, 4) is 0 Å². The van der Waals surface area contributed by atoms with Gasteiger partial charge in [0.1, 0.15) is 15.7 Å². The van der Waals surface area contributed by atoms with Crippen molar-refractivity contribution >= 4 is 39.1 Å². The molecule has 0 spiro atoms. The van der Waals surface area contributed by atoms with E-state index in [4.69, 9.17) is 9.97 Å². The molecule has 0 saturated heterocycles. The first-order valence-corrected chi connectivity index (χ1v) is 11.5. The van der Waals surface area contributed by atoms with E-state index >= 15 is 0 Å². The summed E-state index contributed by atoms with van der Waals surface area (Å²) in [5.74, 6) is 2.86. The minimum absolute atomic E-state index is 0.165. The van der Waals surface area contributed by atoms with Gasteiger partial charge in [-0.3, -0.25) is 4.79 Å². The lowest BCUT2D eigenvalue weighted by atomic mass is 9.89. The van der Waals surface area contributed by atoms with Gasteiger partial charge in [0.15, 0.2) is 5.78 Å². The van der Waals surface area contributed by atoms with Crippen LogP contribution in [-0.2, 0) is 12.8 Å². The number of hydrogen-bond donors (Lipinski definition) is 0. The quantitative estimate of drug-likeness (QED) is 0.318. The van der Waals surface area contributed by atoms with E-state index in [-0.39, 0.29) is 5.78 Å². The maximum Gasteiger partial charge on any atom is 0.173 e. The van der Waals surface area contributed by atoms with Gasteiger partial charge < -0.3 is 0 Å². The highest BCUT2D eigenvalue weighted by Gasteiger charge is 2.30. The number of aryl methyl sites for hydroxylation is 1. The normalized spacial score (nSPS) is 19.2. The molecule has 2 aromatic heterocycles. The van der Waals surface area contributed by atoms with E-state index in [0.29, 0.717) is 11.7 Å². The summed E-state index contributed by atoms with van der Waals surface area (Å²) in [5.41, 5.74) is 2.23. The van der Waals surface area contributed by atoms with Gasteiger partial charge in [0, 0.05) is 21.7 Å². The number of benzene rings is 1. The van der Waals surface area contributed by atoms with Crippen molar-refractivity contribution in [2.75, 3.05) is 5.75 Å². The third kappa shape index (κ3) is 3.43. The maximum absolute atomic E-state index is 12.6. The molecule has 1 saturated carbocycles. The van der Waals surface area contributed by atoms with Crippen LogP contribution < -0.4 is 0 Å². The predicted octanol–water partition coefficient (Wildman–Crippen LogP) is 5.67. The number of Topliss-reactive ketones (excluding diaryl/α,β-unsaturated/α-hetero) is 1. The van der Waals surface area contributed by atoms with Crippen LogP contribution in [0.3, 0.4) is 0 Å². The second-order valence-electron chi connectivity index (χ2n) is 7.77. The lowest BCUT2D eigenvalue weighted by molar-refractivity contribution is 0.102.